The van der Waals surface area contributed by atoms with Gasteiger partial charge in [0.2, 0.25) is 0 Å². The van der Waals surface area contributed by atoms with Crippen LogP contribution in [0.3, 0.4) is 0 Å². The molecule has 0 spiro atoms. The lowest BCUT2D eigenvalue weighted by Gasteiger charge is -1.96. The largest absolute Gasteiger partial charge is 0.298 e. The van der Waals surface area contributed by atoms with Crippen LogP contribution in [0.5, 0.6) is 0 Å². The first-order valence-corrected chi connectivity index (χ1v) is 4.16. The molecule has 2 rings (SSSR count). The standard InChI is InChI=1S/C10H8N2O2/c1-7-9(6-14)12-4-2-3-8(5-13)10(12)11-7/h2-6H,1H3. The summed E-state index contributed by atoms with van der Waals surface area (Å²) in [5, 5.41) is 0. The van der Waals surface area contributed by atoms with Gasteiger partial charge in [0.05, 0.1) is 11.3 Å². The number of aromatic nitrogens is 2. The maximum Gasteiger partial charge on any atom is 0.168 e. The molecule has 2 heterocycles. The molecule has 70 valence electrons. The summed E-state index contributed by atoms with van der Waals surface area (Å²) in [7, 11) is 0. The van der Waals surface area contributed by atoms with Gasteiger partial charge in [-0.2, -0.15) is 0 Å². The molecule has 4 nitrogen and oxygen atoms in total. The van der Waals surface area contributed by atoms with Crippen LogP contribution in [0.1, 0.15) is 26.5 Å². The quantitative estimate of drug-likeness (QED) is 0.667. The smallest absolute Gasteiger partial charge is 0.168 e. The molecule has 0 N–H and O–H groups in total. The highest BCUT2D eigenvalue weighted by Crippen LogP contribution is 2.12. The highest BCUT2D eigenvalue weighted by Gasteiger charge is 2.09. The van der Waals surface area contributed by atoms with Gasteiger partial charge in [0.1, 0.15) is 11.3 Å². The van der Waals surface area contributed by atoms with Crippen molar-refractivity contribution in [2.45, 2.75) is 6.92 Å². The van der Waals surface area contributed by atoms with E-state index in [4.69, 9.17) is 0 Å². The number of carbonyl (C=O) groups is 2. The van der Waals surface area contributed by atoms with Gasteiger partial charge in [-0.3, -0.25) is 14.0 Å². The Bertz CT molecular complexity index is 514. The van der Waals surface area contributed by atoms with Crippen molar-refractivity contribution < 1.29 is 9.59 Å². The first-order valence-electron chi connectivity index (χ1n) is 4.16. The number of imidazole rings is 1. The molecule has 0 saturated carbocycles. The van der Waals surface area contributed by atoms with Crippen molar-refractivity contribution >= 4 is 18.2 Å². The SMILES string of the molecule is Cc1nc2c(C=O)cccn2c1C=O. The van der Waals surface area contributed by atoms with Crippen molar-refractivity contribution in [3.63, 3.8) is 0 Å². The van der Waals surface area contributed by atoms with Crippen LogP contribution in [-0.2, 0) is 0 Å². The minimum absolute atomic E-state index is 0.490. The van der Waals surface area contributed by atoms with Crippen LogP contribution in [0.25, 0.3) is 5.65 Å². The van der Waals surface area contributed by atoms with Crippen molar-refractivity contribution in [1.29, 1.82) is 0 Å². The van der Waals surface area contributed by atoms with Gasteiger partial charge in [0.15, 0.2) is 12.6 Å². The van der Waals surface area contributed by atoms with E-state index in [0.717, 1.165) is 12.6 Å². The van der Waals surface area contributed by atoms with E-state index >= 15 is 0 Å². The van der Waals surface area contributed by atoms with E-state index in [0.29, 0.717) is 22.6 Å². The normalized spacial score (nSPS) is 10.4. The number of aryl methyl sites for hydroxylation is 1. The molecule has 0 aromatic carbocycles. The van der Waals surface area contributed by atoms with Crippen molar-refractivity contribution in [3.8, 4) is 0 Å². The van der Waals surface area contributed by atoms with E-state index in [1.807, 2.05) is 0 Å². The van der Waals surface area contributed by atoms with Crippen LogP contribution < -0.4 is 0 Å². The summed E-state index contributed by atoms with van der Waals surface area (Å²) in [5.41, 5.74) is 2.14. The Morgan fingerprint density at radius 1 is 1.36 bits per heavy atom. The zero-order valence-corrected chi connectivity index (χ0v) is 7.60. The summed E-state index contributed by atoms with van der Waals surface area (Å²) in [4.78, 5) is 25.6. The maximum atomic E-state index is 10.8. The van der Waals surface area contributed by atoms with Gasteiger partial charge >= 0.3 is 0 Å². The summed E-state index contributed by atoms with van der Waals surface area (Å²) in [6.45, 7) is 1.74. The third-order valence-corrected chi connectivity index (χ3v) is 2.14. The molecule has 0 bridgehead atoms. The molecule has 2 aromatic heterocycles. The Labute approximate surface area is 80.2 Å². The fourth-order valence-corrected chi connectivity index (χ4v) is 1.45. The fourth-order valence-electron chi connectivity index (χ4n) is 1.45. The third kappa shape index (κ3) is 1.04. The summed E-state index contributed by atoms with van der Waals surface area (Å²) in [6, 6.07) is 3.38. The molecule has 0 atom stereocenters. The molecule has 0 fully saturated rings. The average Bonchev–Trinajstić information content (AvgIpc) is 2.52. The van der Waals surface area contributed by atoms with Crippen LogP contribution in [-0.4, -0.2) is 22.0 Å². The first kappa shape index (κ1) is 8.62. The Morgan fingerprint density at radius 3 is 2.79 bits per heavy atom. The minimum atomic E-state index is 0.490. The van der Waals surface area contributed by atoms with Crippen molar-refractivity contribution in [1.82, 2.24) is 9.38 Å². The minimum Gasteiger partial charge on any atom is -0.298 e. The summed E-state index contributed by atoms with van der Waals surface area (Å²) >= 11 is 0. The molecule has 0 radical (unpaired) electrons. The third-order valence-electron chi connectivity index (χ3n) is 2.14. The molecule has 0 aliphatic rings. The molecule has 0 unspecified atom stereocenters. The van der Waals surface area contributed by atoms with Gasteiger partial charge < -0.3 is 0 Å². The van der Waals surface area contributed by atoms with E-state index in [1.165, 1.54) is 0 Å². The van der Waals surface area contributed by atoms with Crippen molar-refractivity contribution in [2.75, 3.05) is 0 Å². The number of aldehydes is 2. The second kappa shape index (κ2) is 3.06. The maximum absolute atomic E-state index is 10.8. The molecule has 14 heavy (non-hydrogen) atoms. The zero-order chi connectivity index (χ0) is 10.1. The van der Waals surface area contributed by atoms with Gasteiger partial charge in [0, 0.05) is 6.20 Å². The highest BCUT2D eigenvalue weighted by molar-refractivity contribution is 5.86. The number of carbonyl (C=O) groups excluding carboxylic acids is 2. The van der Waals surface area contributed by atoms with Crippen LogP contribution in [0.4, 0.5) is 0 Å². The van der Waals surface area contributed by atoms with Gasteiger partial charge in [-0.1, -0.05) is 0 Å². The number of hydrogen-bond donors (Lipinski definition) is 0. The first-order chi connectivity index (χ1) is 6.77. The number of hydrogen-bond acceptors (Lipinski definition) is 3. The van der Waals surface area contributed by atoms with Gasteiger partial charge in [-0.05, 0) is 19.1 Å². The monoisotopic (exact) mass is 188 g/mol. The fraction of sp³-hybridized carbons (Fsp3) is 0.100. The number of nitrogens with zero attached hydrogens (tertiary/aromatic N) is 2. The van der Waals surface area contributed by atoms with E-state index in [-0.39, 0.29) is 0 Å². The lowest BCUT2D eigenvalue weighted by atomic mass is 10.3. The second-order valence-electron chi connectivity index (χ2n) is 2.98. The zero-order valence-electron chi connectivity index (χ0n) is 7.60. The van der Waals surface area contributed by atoms with E-state index in [2.05, 4.69) is 4.98 Å². The molecule has 0 aliphatic carbocycles. The Balaban J connectivity index is 2.92. The Hall–Kier alpha value is -1.97. The number of fused-ring (bicyclic) bond motifs is 1. The van der Waals surface area contributed by atoms with Gasteiger partial charge in [0.25, 0.3) is 0 Å². The van der Waals surface area contributed by atoms with Gasteiger partial charge in [-0.15, -0.1) is 0 Å². The predicted octanol–water partition coefficient (Wildman–Crippen LogP) is 1.27. The molecule has 4 heteroatoms. The second-order valence-corrected chi connectivity index (χ2v) is 2.98. The van der Waals surface area contributed by atoms with Crippen molar-refractivity contribution in [2.24, 2.45) is 0 Å². The molecule has 0 saturated heterocycles. The molecule has 0 amide bonds. The molecule has 2 aromatic rings. The van der Waals surface area contributed by atoms with E-state index in [1.54, 1.807) is 29.7 Å². The summed E-state index contributed by atoms with van der Waals surface area (Å²) in [5.74, 6) is 0. The van der Waals surface area contributed by atoms with Gasteiger partial charge in [-0.25, -0.2) is 4.98 Å². The van der Waals surface area contributed by atoms with Crippen LogP contribution in [0.15, 0.2) is 18.3 Å². The summed E-state index contributed by atoms with van der Waals surface area (Å²) < 4.78 is 1.62. The number of rotatable bonds is 2. The van der Waals surface area contributed by atoms with Crippen LogP contribution >= 0.6 is 0 Å². The predicted molar refractivity (Wildman–Crippen MR) is 50.7 cm³/mol. The molecular formula is C10H8N2O2. The van der Waals surface area contributed by atoms with Crippen LogP contribution in [0, 0.1) is 6.92 Å². The lowest BCUT2D eigenvalue weighted by Crippen LogP contribution is -1.93. The van der Waals surface area contributed by atoms with Crippen molar-refractivity contribution in [3.05, 3.63) is 35.3 Å². The van der Waals surface area contributed by atoms with E-state index in [9.17, 15) is 9.59 Å². The topological polar surface area (TPSA) is 51.4 Å². The Morgan fingerprint density at radius 2 is 2.14 bits per heavy atom. The average molecular weight is 188 g/mol. The number of pyridine rings is 1. The molecular weight excluding hydrogens is 180 g/mol. The Kier molecular flexibility index (Phi) is 1.89. The summed E-state index contributed by atoms with van der Waals surface area (Å²) in [6.07, 6.45) is 3.19. The van der Waals surface area contributed by atoms with E-state index < -0.39 is 0 Å². The highest BCUT2D eigenvalue weighted by atomic mass is 16.1. The lowest BCUT2D eigenvalue weighted by molar-refractivity contribution is 0.111. The van der Waals surface area contributed by atoms with Crippen LogP contribution in [0.2, 0.25) is 0 Å². The molecule has 0 aliphatic heterocycles.